The Hall–Kier alpha value is -1.28. The van der Waals surface area contributed by atoms with E-state index >= 15 is 0 Å². The van der Waals surface area contributed by atoms with Crippen LogP contribution in [0.15, 0.2) is 18.2 Å². The number of alkyl halides is 6. The van der Waals surface area contributed by atoms with E-state index in [-0.39, 0.29) is 5.56 Å². The van der Waals surface area contributed by atoms with Crippen LogP contribution in [0.2, 0.25) is 0 Å². The van der Waals surface area contributed by atoms with Crippen molar-refractivity contribution in [2.24, 2.45) is 5.73 Å². The molecule has 2 nitrogen and oxygen atoms in total. The molecule has 0 aliphatic carbocycles. The van der Waals surface area contributed by atoms with Gasteiger partial charge in [0.05, 0.1) is 23.8 Å². The lowest BCUT2D eigenvalue weighted by Gasteiger charge is -2.18. The average Bonchev–Trinajstić information content (AvgIpc) is 2.24. The van der Waals surface area contributed by atoms with Gasteiger partial charge in [-0.1, -0.05) is 6.07 Å². The Balaban J connectivity index is 3.40. The second-order valence-electron chi connectivity index (χ2n) is 3.59. The Morgan fingerprint density at radius 1 is 1.00 bits per heavy atom. The Labute approximate surface area is 98.0 Å². The lowest BCUT2D eigenvalue weighted by Crippen LogP contribution is -2.20. The highest BCUT2D eigenvalue weighted by Gasteiger charge is 2.43. The number of hydrogen-bond donors (Lipinski definition) is 2. The van der Waals surface area contributed by atoms with Gasteiger partial charge >= 0.3 is 12.4 Å². The van der Waals surface area contributed by atoms with Gasteiger partial charge < -0.3 is 10.8 Å². The van der Waals surface area contributed by atoms with E-state index in [1.807, 2.05) is 0 Å². The monoisotopic (exact) mass is 273 g/mol. The Kier molecular flexibility index (Phi) is 3.92. The molecule has 0 radical (unpaired) electrons. The van der Waals surface area contributed by atoms with E-state index in [1.54, 1.807) is 0 Å². The summed E-state index contributed by atoms with van der Waals surface area (Å²) in [5.74, 6) is 0. The molecule has 1 atom stereocenters. The standard InChI is InChI=1S/C10H9F6NO/c11-9(12,13)6-2-1-5(8(17)4-18)3-7(6)10(14,15)16/h1-3,8,18H,4,17H2/t8-/m1/s1. The Morgan fingerprint density at radius 3 is 1.89 bits per heavy atom. The summed E-state index contributed by atoms with van der Waals surface area (Å²) in [4.78, 5) is 0. The molecule has 0 fully saturated rings. The molecule has 0 aliphatic rings. The minimum absolute atomic E-state index is 0.210. The molecule has 102 valence electrons. The van der Waals surface area contributed by atoms with Crippen LogP contribution in [0.1, 0.15) is 22.7 Å². The smallest absolute Gasteiger partial charge is 0.394 e. The molecule has 0 unspecified atom stereocenters. The maximum Gasteiger partial charge on any atom is 0.417 e. The largest absolute Gasteiger partial charge is 0.417 e. The minimum atomic E-state index is -5.14. The van der Waals surface area contributed by atoms with Gasteiger partial charge in [0.25, 0.3) is 0 Å². The van der Waals surface area contributed by atoms with Gasteiger partial charge in [-0.15, -0.1) is 0 Å². The summed E-state index contributed by atoms with van der Waals surface area (Å²) in [6.45, 7) is -0.664. The minimum Gasteiger partial charge on any atom is -0.394 e. The van der Waals surface area contributed by atoms with Crippen molar-refractivity contribution < 1.29 is 31.4 Å². The fraction of sp³-hybridized carbons (Fsp3) is 0.400. The number of aliphatic hydroxyl groups is 1. The van der Waals surface area contributed by atoms with Crippen LogP contribution in [0.5, 0.6) is 0 Å². The second kappa shape index (κ2) is 4.77. The highest BCUT2D eigenvalue weighted by Crippen LogP contribution is 2.41. The second-order valence-corrected chi connectivity index (χ2v) is 3.59. The summed E-state index contributed by atoms with van der Waals surface area (Å²) in [6, 6.07) is 0.282. The first-order chi connectivity index (χ1) is 8.07. The highest BCUT2D eigenvalue weighted by molar-refractivity contribution is 5.37. The van der Waals surface area contributed by atoms with E-state index in [0.29, 0.717) is 12.1 Å². The first-order valence-electron chi connectivity index (χ1n) is 4.72. The lowest BCUT2D eigenvalue weighted by molar-refractivity contribution is -0.162. The first-order valence-corrected chi connectivity index (χ1v) is 4.72. The van der Waals surface area contributed by atoms with Gasteiger partial charge in [-0.2, -0.15) is 26.3 Å². The number of aliphatic hydroxyl groups excluding tert-OH is 1. The molecule has 1 aromatic carbocycles. The summed E-state index contributed by atoms with van der Waals surface area (Å²) >= 11 is 0. The number of halogens is 6. The average molecular weight is 273 g/mol. The molecule has 18 heavy (non-hydrogen) atoms. The van der Waals surface area contributed by atoms with Crippen LogP contribution in [-0.4, -0.2) is 11.7 Å². The third-order valence-electron chi connectivity index (χ3n) is 2.28. The zero-order chi connectivity index (χ0) is 14.1. The highest BCUT2D eigenvalue weighted by atomic mass is 19.4. The van der Waals surface area contributed by atoms with Crippen molar-refractivity contribution in [1.82, 2.24) is 0 Å². The van der Waals surface area contributed by atoms with Crippen molar-refractivity contribution in [2.75, 3.05) is 6.61 Å². The van der Waals surface area contributed by atoms with Crippen molar-refractivity contribution in [3.63, 3.8) is 0 Å². The molecular formula is C10H9F6NO. The number of nitrogens with two attached hydrogens (primary N) is 1. The molecule has 0 bridgehead atoms. The van der Waals surface area contributed by atoms with E-state index in [1.165, 1.54) is 0 Å². The van der Waals surface area contributed by atoms with E-state index in [2.05, 4.69) is 0 Å². The molecule has 0 heterocycles. The molecule has 0 aliphatic heterocycles. The maximum atomic E-state index is 12.5. The van der Waals surface area contributed by atoms with Crippen molar-refractivity contribution in [2.45, 2.75) is 18.4 Å². The normalized spacial score (nSPS) is 14.7. The van der Waals surface area contributed by atoms with Gasteiger partial charge in [0.15, 0.2) is 0 Å². The van der Waals surface area contributed by atoms with Gasteiger partial charge in [0, 0.05) is 0 Å². The van der Waals surface area contributed by atoms with E-state index in [4.69, 9.17) is 10.8 Å². The van der Waals surface area contributed by atoms with Gasteiger partial charge in [0.1, 0.15) is 0 Å². The molecule has 0 amide bonds. The quantitative estimate of drug-likeness (QED) is 0.814. The molecule has 0 saturated heterocycles. The summed E-state index contributed by atoms with van der Waals surface area (Å²) in [7, 11) is 0. The van der Waals surface area contributed by atoms with Gasteiger partial charge in [-0.05, 0) is 17.7 Å². The third kappa shape index (κ3) is 3.14. The molecular weight excluding hydrogens is 264 g/mol. The van der Waals surface area contributed by atoms with Crippen LogP contribution < -0.4 is 5.73 Å². The van der Waals surface area contributed by atoms with Crippen LogP contribution in [0.25, 0.3) is 0 Å². The van der Waals surface area contributed by atoms with Crippen LogP contribution >= 0.6 is 0 Å². The molecule has 0 spiro atoms. The van der Waals surface area contributed by atoms with E-state index < -0.39 is 36.1 Å². The Bertz CT molecular complexity index is 425. The predicted molar refractivity (Wildman–Crippen MR) is 50.5 cm³/mol. The number of rotatable bonds is 2. The zero-order valence-electron chi connectivity index (χ0n) is 8.81. The SMILES string of the molecule is N[C@H](CO)c1ccc(C(F)(F)F)c(C(F)(F)F)c1. The topological polar surface area (TPSA) is 46.2 Å². The summed E-state index contributed by atoms with van der Waals surface area (Å²) in [5, 5.41) is 8.68. The maximum absolute atomic E-state index is 12.5. The predicted octanol–water partition coefficient (Wildman–Crippen LogP) is 2.72. The first kappa shape index (κ1) is 14.8. The van der Waals surface area contributed by atoms with Crippen LogP contribution in [0, 0.1) is 0 Å². The van der Waals surface area contributed by atoms with E-state index in [9.17, 15) is 26.3 Å². The van der Waals surface area contributed by atoms with E-state index in [0.717, 1.165) is 6.07 Å². The fourth-order valence-electron chi connectivity index (χ4n) is 1.38. The number of benzene rings is 1. The molecule has 0 saturated carbocycles. The molecule has 3 N–H and O–H groups in total. The van der Waals surface area contributed by atoms with Crippen molar-refractivity contribution >= 4 is 0 Å². The fourth-order valence-corrected chi connectivity index (χ4v) is 1.38. The van der Waals surface area contributed by atoms with Crippen molar-refractivity contribution in [3.8, 4) is 0 Å². The number of hydrogen-bond acceptors (Lipinski definition) is 2. The molecule has 1 aromatic rings. The summed E-state index contributed by atoms with van der Waals surface area (Å²) in [5.41, 5.74) is 1.47. The van der Waals surface area contributed by atoms with Crippen molar-refractivity contribution in [1.29, 1.82) is 0 Å². The molecule has 1 rings (SSSR count). The lowest BCUT2D eigenvalue weighted by atomic mass is 9.99. The van der Waals surface area contributed by atoms with Gasteiger partial charge in [0.2, 0.25) is 0 Å². The Morgan fingerprint density at radius 2 is 1.50 bits per heavy atom. The van der Waals surface area contributed by atoms with Crippen LogP contribution in [-0.2, 0) is 12.4 Å². The third-order valence-corrected chi connectivity index (χ3v) is 2.28. The van der Waals surface area contributed by atoms with Crippen LogP contribution in [0.3, 0.4) is 0 Å². The van der Waals surface area contributed by atoms with Gasteiger partial charge in [-0.3, -0.25) is 0 Å². The summed E-state index contributed by atoms with van der Waals surface area (Å²) < 4.78 is 74.8. The van der Waals surface area contributed by atoms with Crippen molar-refractivity contribution in [3.05, 3.63) is 34.9 Å². The molecule has 8 heteroatoms. The summed E-state index contributed by atoms with van der Waals surface area (Å²) in [6.07, 6.45) is -10.2. The molecule has 0 aromatic heterocycles. The van der Waals surface area contributed by atoms with Crippen LogP contribution in [0.4, 0.5) is 26.3 Å². The zero-order valence-corrected chi connectivity index (χ0v) is 8.81. The van der Waals surface area contributed by atoms with Gasteiger partial charge in [-0.25, -0.2) is 0 Å².